The van der Waals surface area contributed by atoms with Gasteiger partial charge in [-0.1, -0.05) is 0 Å². The maximum absolute atomic E-state index is 4.38. The lowest BCUT2D eigenvalue weighted by molar-refractivity contribution is 0.205. The Hall–Kier alpha value is -2.01. The molecule has 1 saturated heterocycles. The molecule has 0 aliphatic carbocycles. The molecule has 3 heterocycles. The molecule has 0 radical (unpaired) electrons. The van der Waals surface area contributed by atoms with Crippen LogP contribution in [0.25, 0.3) is 0 Å². The molecule has 0 saturated carbocycles. The number of aromatic nitrogens is 3. The fourth-order valence-electron chi connectivity index (χ4n) is 2.98. The summed E-state index contributed by atoms with van der Waals surface area (Å²) in [4.78, 5) is 15.2. The Morgan fingerprint density at radius 1 is 1.19 bits per heavy atom. The van der Waals surface area contributed by atoms with E-state index in [-0.39, 0.29) is 0 Å². The summed E-state index contributed by atoms with van der Waals surface area (Å²) in [6, 6.07) is 5.31. The lowest BCUT2D eigenvalue weighted by Crippen LogP contribution is -2.30. The zero-order valence-electron chi connectivity index (χ0n) is 12.5. The van der Waals surface area contributed by atoms with Gasteiger partial charge in [-0.2, -0.15) is 0 Å². The Balaban J connectivity index is 1.80. The van der Waals surface area contributed by atoms with E-state index >= 15 is 0 Å². The van der Waals surface area contributed by atoms with Gasteiger partial charge in [-0.25, -0.2) is 9.97 Å². The molecule has 0 amide bonds. The maximum atomic E-state index is 4.38. The molecule has 1 aliphatic heterocycles. The quantitative estimate of drug-likeness (QED) is 0.934. The van der Waals surface area contributed by atoms with Gasteiger partial charge >= 0.3 is 0 Å². The van der Waals surface area contributed by atoms with Crippen LogP contribution in [0.1, 0.15) is 38.3 Å². The maximum Gasteiger partial charge on any atom is 0.150 e. The summed E-state index contributed by atoms with van der Waals surface area (Å²) in [6.45, 7) is 5.70. The van der Waals surface area contributed by atoms with E-state index in [1.54, 1.807) is 18.6 Å². The third-order valence-electron chi connectivity index (χ3n) is 3.95. The fourth-order valence-corrected chi connectivity index (χ4v) is 2.98. The molecule has 5 heteroatoms. The standard InChI is InChI=1S/C16H21N5/c1-12(2)21-9-3-4-14(21)13-5-6-18-15(10-13)20-16-11-17-7-8-19-16/h5-8,10-12,14H,3-4,9H2,1-2H3,(H,18,19,20). The molecule has 3 rings (SSSR count). The molecular formula is C16H21N5. The van der Waals surface area contributed by atoms with E-state index in [4.69, 9.17) is 0 Å². The molecule has 1 atom stereocenters. The fraction of sp³-hybridized carbons (Fsp3) is 0.438. The first kappa shape index (κ1) is 13.9. The first-order valence-corrected chi connectivity index (χ1v) is 7.49. The number of anilines is 2. The highest BCUT2D eigenvalue weighted by Gasteiger charge is 2.27. The molecule has 1 aliphatic rings. The zero-order chi connectivity index (χ0) is 14.7. The van der Waals surface area contributed by atoms with Crippen molar-refractivity contribution in [3.63, 3.8) is 0 Å². The lowest BCUT2D eigenvalue weighted by Gasteiger charge is -2.28. The van der Waals surface area contributed by atoms with E-state index in [0.29, 0.717) is 17.9 Å². The monoisotopic (exact) mass is 283 g/mol. The van der Waals surface area contributed by atoms with Gasteiger partial charge in [0.2, 0.25) is 0 Å². The molecule has 0 bridgehead atoms. The Morgan fingerprint density at radius 3 is 2.81 bits per heavy atom. The Kier molecular flexibility index (Phi) is 4.10. The highest BCUT2D eigenvalue weighted by Crippen LogP contribution is 2.34. The number of likely N-dealkylation sites (tertiary alicyclic amines) is 1. The summed E-state index contributed by atoms with van der Waals surface area (Å²) in [6.07, 6.45) is 9.37. The highest BCUT2D eigenvalue weighted by molar-refractivity contribution is 5.51. The summed E-state index contributed by atoms with van der Waals surface area (Å²) in [5, 5.41) is 3.21. The van der Waals surface area contributed by atoms with Crippen molar-refractivity contribution in [2.24, 2.45) is 0 Å². The number of pyridine rings is 1. The summed E-state index contributed by atoms with van der Waals surface area (Å²) < 4.78 is 0. The molecule has 1 N–H and O–H groups in total. The average Bonchev–Trinajstić information content (AvgIpc) is 2.98. The van der Waals surface area contributed by atoms with Crippen LogP contribution in [0, 0.1) is 0 Å². The molecular weight excluding hydrogens is 262 g/mol. The van der Waals surface area contributed by atoms with E-state index in [1.807, 2.05) is 6.20 Å². The smallest absolute Gasteiger partial charge is 0.150 e. The Bertz CT molecular complexity index is 584. The first-order valence-electron chi connectivity index (χ1n) is 7.49. The predicted octanol–water partition coefficient (Wildman–Crippen LogP) is 3.16. The van der Waals surface area contributed by atoms with Crippen molar-refractivity contribution in [1.29, 1.82) is 0 Å². The molecule has 1 fully saturated rings. The van der Waals surface area contributed by atoms with Crippen LogP contribution in [0.15, 0.2) is 36.9 Å². The number of nitrogens with zero attached hydrogens (tertiary/aromatic N) is 4. The number of nitrogens with one attached hydrogen (secondary N) is 1. The van der Waals surface area contributed by atoms with Crippen LogP contribution >= 0.6 is 0 Å². The normalized spacial score (nSPS) is 19.1. The van der Waals surface area contributed by atoms with Gasteiger partial charge in [-0.15, -0.1) is 0 Å². The molecule has 0 aromatic carbocycles. The van der Waals surface area contributed by atoms with Gasteiger partial charge in [0, 0.05) is 30.7 Å². The molecule has 2 aromatic rings. The van der Waals surface area contributed by atoms with Crippen LogP contribution in [-0.2, 0) is 0 Å². The van der Waals surface area contributed by atoms with Crippen molar-refractivity contribution in [2.45, 2.75) is 38.8 Å². The minimum absolute atomic E-state index is 0.496. The van der Waals surface area contributed by atoms with Crippen LogP contribution in [0.4, 0.5) is 11.6 Å². The molecule has 21 heavy (non-hydrogen) atoms. The topological polar surface area (TPSA) is 53.9 Å². The number of hydrogen-bond donors (Lipinski definition) is 1. The summed E-state index contributed by atoms with van der Waals surface area (Å²) in [7, 11) is 0. The van der Waals surface area contributed by atoms with Crippen LogP contribution < -0.4 is 5.32 Å². The highest BCUT2D eigenvalue weighted by atomic mass is 15.2. The second-order valence-electron chi connectivity index (χ2n) is 5.68. The van der Waals surface area contributed by atoms with Crippen LogP contribution in [0.3, 0.4) is 0 Å². The van der Waals surface area contributed by atoms with Crippen LogP contribution in [0.5, 0.6) is 0 Å². The van der Waals surface area contributed by atoms with Gasteiger partial charge in [0.05, 0.1) is 6.20 Å². The summed E-state index contributed by atoms with van der Waals surface area (Å²) in [5.41, 5.74) is 1.32. The van der Waals surface area contributed by atoms with Crippen LogP contribution in [-0.4, -0.2) is 32.4 Å². The first-order chi connectivity index (χ1) is 10.2. The van der Waals surface area contributed by atoms with Crippen LogP contribution in [0.2, 0.25) is 0 Å². The molecule has 110 valence electrons. The summed E-state index contributed by atoms with van der Waals surface area (Å²) in [5.74, 6) is 1.54. The van der Waals surface area contributed by atoms with E-state index in [0.717, 1.165) is 5.82 Å². The van der Waals surface area contributed by atoms with Crippen molar-refractivity contribution in [3.05, 3.63) is 42.5 Å². The third kappa shape index (κ3) is 3.19. The van der Waals surface area contributed by atoms with Crippen molar-refractivity contribution < 1.29 is 0 Å². The van der Waals surface area contributed by atoms with Crippen molar-refractivity contribution >= 4 is 11.6 Å². The van der Waals surface area contributed by atoms with Gasteiger partial charge in [0.15, 0.2) is 0 Å². The number of rotatable bonds is 4. The second kappa shape index (κ2) is 6.18. The predicted molar refractivity (Wildman–Crippen MR) is 83.4 cm³/mol. The minimum atomic E-state index is 0.496. The number of hydrogen-bond acceptors (Lipinski definition) is 5. The Labute approximate surface area is 125 Å². The molecule has 1 unspecified atom stereocenters. The molecule has 2 aromatic heterocycles. The Morgan fingerprint density at radius 2 is 2.05 bits per heavy atom. The lowest BCUT2D eigenvalue weighted by atomic mass is 10.0. The van der Waals surface area contributed by atoms with Gasteiger partial charge < -0.3 is 5.32 Å². The second-order valence-corrected chi connectivity index (χ2v) is 5.68. The SMILES string of the molecule is CC(C)N1CCCC1c1ccnc(Nc2cnccn2)c1. The van der Waals surface area contributed by atoms with E-state index in [9.17, 15) is 0 Å². The summed E-state index contributed by atoms with van der Waals surface area (Å²) >= 11 is 0. The van der Waals surface area contributed by atoms with E-state index < -0.39 is 0 Å². The van der Waals surface area contributed by atoms with Crippen molar-refractivity contribution in [2.75, 3.05) is 11.9 Å². The molecule has 0 spiro atoms. The van der Waals surface area contributed by atoms with Gasteiger partial charge in [0.1, 0.15) is 11.6 Å². The largest absolute Gasteiger partial charge is 0.324 e. The van der Waals surface area contributed by atoms with Gasteiger partial charge in [-0.3, -0.25) is 9.88 Å². The van der Waals surface area contributed by atoms with E-state index in [2.05, 4.69) is 51.1 Å². The third-order valence-corrected chi connectivity index (χ3v) is 3.95. The molecule has 5 nitrogen and oxygen atoms in total. The minimum Gasteiger partial charge on any atom is -0.324 e. The van der Waals surface area contributed by atoms with Gasteiger partial charge in [-0.05, 0) is 50.9 Å². The van der Waals surface area contributed by atoms with Crippen molar-refractivity contribution in [1.82, 2.24) is 19.9 Å². The van der Waals surface area contributed by atoms with E-state index in [1.165, 1.54) is 24.9 Å². The average molecular weight is 283 g/mol. The van der Waals surface area contributed by atoms with Crippen molar-refractivity contribution in [3.8, 4) is 0 Å². The van der Waals surface area contributed by atoms with Gasteiger partial charge in [0.25, 0.3) is 0 Å². The zero-order valence-corrected chi connectivity index (χ0v) is 12.5.